The third-order valence-electron chi connectivity index (χ3n) is 2.61. The molecule has 0 radical (unpaired) electrons. The SMILES string of the molecule is O=C(CSc1n[nH]c(Cc2cccs2)n1)c1ccc(Br)s1. The number of ketones is 1. The van der Waals surface area contributed by atoms with Gasteiger partial charge in [0.15, 0.2) is 5.78 Å². The highest BCUT2D eigenvalue weighted by atomic mass is 79.9. The van der Waals surface area contributed by atoms with Crippen LogP contribution in [0.2, 0.25) is 0 Å². The number of aromatic amines is 1. The van der Waals surface area contributed by atoms with Gasteiger partial charge in [-0.3, -0.25) is 9.89 Å². The Morgan fingerprint density at radius 2 is 2.29 bits per heavy atom. The molecule has 0 atom stereocenters. The summed E-state index contributed by atoms with van der Waals surface area (Å²) < 4.78 is 0.965. The van der Waals surface area contributed by atoms with Crippen molar-refractivity contribution in [3.8, 4) is 0 Å². The van der Waals surface area contributed by atoms with E-state index >= 15 is 0 Å². The molecule has 0 saturated heterocycles. The summed E-state index contributed by atoms with van der Waals surface area (Å²) in [6.45, 7) is 0. The second kappa shape index (κ2) is 6.87. The smallest absolute Gasteiger partial charge is 0.208 e. The minimum absolute atomic E-state index is 0.0975. The summed E-state index contributed by atoms with van der Waals surface area (Å²) in [4.78, 5) is 18.4. The first kappa shape index (κ1) is 15.0. The van der Waals surface area contributed by atoms with Gasteiger partial charge in [-0.2, -0.15) is 0 Å². The van der Waals surface area contributed by atoms with Gasteiger partial charge in [0.1, 0.15) is 5.82 Å². The van der Waals surface area contributed by atoms with Crippen molar-refractivity contribution in [2.75, 3.05) is 5.75 Å². The van der Waals surface area contributed by atoms with Crippen LogP contribution in [0.5, 0.6) is 0 Å². The molecule has 0 aliphatic rings. The van der Waals surface area contributed by atoms with Gasteiger partial charge in [-0.05, 0) is 39.5 Å². The molecule has 3 aromatic heterocycles. The molecule has 0 saturated carbocycles. The number of Topliss-reactive ketones (excluding diaryl/α,β-unsaturated/α-hetero) is 1. The molecule has 0 aliphatic carbocycles. The lowest BCUT2D eigenvalue weighted by molar-refractivity contribution is 0.102. The van der Waals surface area contributed by atoms with Crippen molar-refractivity contribution in [2.24, 2.45) is 0 Å². The van der Waals surface area contributed by atoms with E-state index in [0.29, 0.717) is 10.9 Å². The number of thiophene rings is 2. The average Bonchev–Trinajstić information content (AvgIpc) is 3.19. The maximum atomic E-state index is 12.0. The second-order valence-corrected chi connectivity index (χ2v) is 8.57. The third-order valence-corrected chi connectivity index (χ3v) is 6.00. The van der Waals surface area contributed by atoms with E-state index in [2.05, 4.69) is 37.2 Å². The zero-order chi connectivity index (χ0) is 14.7. The van der Waals surface area contributed by atoms with Gasteiger partial charge in [-0.25, -0.2) is 4.98 Å². The summed E-state index contributed by atoms with van der Waals surface area (Å²) >= 11 is 7.86. The first-order chi connectivity index (χ1) is 10.2. The van der Waals surface area contributed by atoms with E-state index in [1.807, 2.05) is 23.6 Å². The summed E-state index contributed by atoms with van der Waals surface area (Å²) in [6, 6.07) is 7.80. The molecule has 3 aromatic rings. The molecular formula is C13H10BrN3OS3. The van der Waals surface area contributed by atoms with Crippen LogP contribution in [0.25, 0.3) is 0 Å². The van der Waals surface area contributed by atoms with Gasteiger partial charge in [0, 0.05) is 11.3 Å². The topological polar surface area (TPSA) is 58.6 Å². The minimum atomic E-state index is 0.0975. The monoisotopic (exact) mass is 399 g/mol. The van der Waals surface area contributed by atoms with E-state index in [1.165, 1.54) is 28.0 Å². The standard InChI is InChI=1S/C13H10BrN3OS3/c14-11-4-3-10(21-11)9(18)7-20-13-15-12(16-17-13)6-8-2-1-5-19-8/h1-5H,6-7H2,(H,15,16,17). The first-order valence-electron chi connectivity index (χ1n) is 6.06. The molecule has 3 rings (SSSR count). The Labute approximate surface area is 142 Å². The fourth-order valence-corrected chi connectivity index (χ4v) is 4.49. The lowest BCUT2D eigenvalue weighted by Gasteiger charge is -1.94. The number of nitrogens with one attached hydrogen (secondary N) is 1. The number of aromatic nitrogens is 3. The van der Waals surface area contributed by atoms with Crippen molar-refractivity contribution >= 4 is 56.1 Å². The second-order valence-electron chi connectivity index (χ2n) is 4.14. The van der Waals surface area contributed by atoms with Crippen molar-refractivity contribution in [2.45, 2.75) is 11.6 Å². The number of thioether (sulfide) groups is 1. The van der Waals surface area contributed by atoms with Crippen molar-refractivity contribution in [3.63, 3.8) is 0 Å². The normalized spacial score (nSPS) is 10.9. The number of hydrogen-bond acceptors (Lipinski definition) is 6. The molecule has 0 spiro atoms. The van der Waals surface area contributed by atoms with Crippen LogP contribution in [-0.2, 0) is 6.42 Å². The van der Waals surface area contributed by atoms with Crippen LogP contribution >= 0.6 is 50.4 Å². The zero-order valence-corrected chi connectivity index (χ0v) is 14.7. The molecule has 8 heteroatoms. The van der Waals surface area contributed by atoms with Crippen LogP contribution in [-0.4, -0.2) is 26.7 Å². The van der Waals surface area contributed by atoms with E-state index in [4.69, 9.17) is 0 Å². The summed E-state index contributed by atoms with van der Waals surface area (Å²) in [5.74, 6) is 1.27. The van der Waals surface area contributed by atoms with Crippen molar-refractivity contribution in [3.05, 3.63) is 49.0 Å². The average molecular weight is 400 g/mol. The molecule has 4 nitrogen and oxygen atoms in total. The van der Waals surface area contributed by atoms with Gasteiger partial charge < -0.3 is 0 Å². The van der Waals surface area contributed by atoms with Crippen LogP contribution in [0, 0.1) is 0 Å². The van der Waals surface area contributed by atoms with E-state index in [9.17, 15) is 4.79 Å². The maximum Gasteiger partial charge on any atom is 0.208 e. The highest BCUT2D eigenvalue weighted by Gasteiger charge is 2.12. The Morgan fingerprint density at radius 3 is 3.00 bits per heavy atom. The summed E-state index contributed by atoms with van der Waals surface area (Å²) in [5, 5.41) is 9.72. The number of carbonyl (C=O) groups is 1. The fraction of sp³-hybridized carbons (Fsp3) is 0.154. The van der Waals surface area contributed by atoms with E-state index < -0.39 is 0 Å². The van der Waals surface area contributed by atoms with Crippen LogP contribution in [0.3, 0.4) is 0 Å². The van der Waals surface area contributed by atoms with Crippen molar-refractivity contribution in [1.29, 1.82) is 0 Å². The van der Waals surface area contributed by atoms with Gasteiger partial charge >= 0.3 is 0 Å². The Kier molecular flexibility index (Phi) is 4.89. The quantitative estimate of drug-likeness (QED) is 0.496. The molecule has 3 heterocycles. The van der Waals surface area contributed by atoms with Gasteiger partial charge in [0.2, 0.25) is 5.16 Å². The Bertz CT molecular complexity index is 736. The number of halogens is 1. The summed E-state index contributed by atoms with van der Waals surface area (Å²) in [6.07, 6.45) is 0.747. The van der Waals surface area contributed by atoms with Gasteiger partial charge in [-0.1, -0.05) is 17.8 Å². The number of hydrogen-bond donors (Lipinski definition) is 1. The number of rotatable bonds is 6. The molecule has 0 unspecified atom stereocenters. The number of H-pyrrole nitrogens is 1. The molecule has 0 aromatic carbocycles. The Balaban J connectivity index is 1.56. The van der Waals surface area contributed by atoms with Crippen molar-refractivity contribution < 1.29 is 4.79 Å². The Morgan fingerprint density at radius 1 is 1.38 bits per heavy atom. The highest BCUT2D eigenvalue weighted by Crippen LogP contribution is 2.24. The number of carbonyl (C=O) groups excluding carboxylic acids is 1. The summed E-state index contributed by atoms with van der Waals surface area (Å²) in [7, 11) is 0. The highest BCUT2D eigenvalue weighted by molar-refractivity contribution is 9.11. The van der Waals surface area contributed by atoms with Crippen LogP contribution < -0.4 is 0 Å². The third kappa shape index (κ3) is 4.03. The van der Waals surface area contributed by atoms with Crippen LogP contribution in [0.15, 0.2) is 38.6 Å². The van der Waals surface area contributed by atoms with Gasteiger partial charge in [0.25, 0.3) is 0 Å². The van der Waals surface area contributed by atoms with Gasteiger partial charge in [-0.15, -0.1) is 27.8 Å². The predicted octanol–water partition coefficient (Wildman–Crippen LogP) is 4.26. The van der Waals surface area contributed by atoms with E-state index in [1.54, 1.807) is 11.3 Å². The molecule has 1 N–H and O–H groups in total. The maximum absolute atomic E-state index is 12.0. The fourth-order valence-electron chi connectivity index (χ4n) is 1.66. The van der Waals surface area contributed by atoms with Gasteiger partial charge in [0.05, 0.1) is 14.4 Å². The first-order valence-corrected chi connectivity index (χ1v) is 9.53. The Hall–Kier alpha value is -0.960. The van der Waals surface area contributed by atoms with Crippen LogP contribution in [0.4, 0.5) is 0 Å². The predicted molar refractivity (Wildman–Crippen MR) is 90.6 cm³/mol. The molecule has 21 heavy (non-hydrogen) atoms. The molecule has 0 amide bonds. The minimum Gasteiger partial charge on any atom is -0.292 e. The lowest BCUT2D eigenvalue weighted by Crippen LogP contribution is -1.99. The zero-order valence-electron chi connectivity index (χ0n) is 10.7. The van der Waals surface area contributed by atoms with Crippen molar-refractivity contribution in [1.82, 2.24) is 15.2 Å². The molecule has 0 aliphatic heterocycles. The summed E-state index contributed by atoms with van der Waals surface area (Å²) in [5.41, 5.74) is 0. The lowest BCUT2D eigenvalue weighted by atomic mass is 10.3. The molecule has 108 valence electrons. The molecule has 0 bridgehead atoms. The molecular weight excluding hydrogens is 390 g/mol. The van der Waals surface area contributed by atoms with Crippen LogP contribution in [0.1, 0.15) is 20.4 Å². The van der Waals surface area contributed by atoms with E-state index in [-0.39, 0.29) is 5.78 Å². The largest absolute Gasteiger partial charge is 0.292 e. The molecule has 0 fully saturated rings. The van der Waals surface area contributed by atoms with E-state index in [0.717, 1.165) is 20.9 Å². The number of nitrogens with zero attached hydrogens (tertiary/aromatic N) is 2.